The molecule has 0 amide bonds. The standard InChI is InChI=1S/C21H19ClFN3O3S2/c1-4-14(13(2)24-3)15-7-5-6-8-18(15)29-19-12-17(23)20(11-16(19)22)31(27,28)26-21-25-9-10-30-21/h4-12,24H,1H2,2-3H3,(H,25,26)/b14-13-. The van der Waals surface area contributed by atoms with E-state index in [1.54, 1.807) is 30.6 Å². The average molecular weight is 480 g/mol. The van der Waals surface area contributed by atoms with E-state index >= 15 is 0 Å². The normalized spacial score (nSPS) is 12.1. The van der Waals surface area contributed by atoms with Crippen molar-refractivity contribution in [2.24, 2.45) is 0 Å². The van der Waals surface area contributed by atoms with Crippen molar-refractivity contribution in [2.75, 3.05) is 11.8 Å². The first kappa shape index (κ1) is 22.8. The molecule has 1 aromatic heterocycles. The average Bonchev–Trinajstić information content (AvgIpc) is 3.24. The Hall–Kier alpha value is -2.88. The van der Waals surface area contributed by atoms with Gasteiger partial charge in [0.1, 0.15) is 22.2 Å². The molecule has 0 unspecified atom stereocenters. The van der Waals surface area contributed by atoms with Crippen LogP contribution in [0.4, 0.5) is 9.52 Å². The fourth-order valence-corrected chi connectivity index (χ4v) is 4.88. The van der Waals surface area contributed by atoms with Crippen LogP contribution in [0, 0.1) is 5.82 Å². The van der Waals surface area contributed by atoms with Gasteiger partial charge in [0.25, 0.3) is 10.0 Å². The van der Waals surface area contributed by atoms with Crippen LogP contribution in [-0.4, -0.2) is 20.4 Å². The molecular weight excluding hydrogens is 461 g/mol. The van der Waals surface area contributed by atoms with E-state index in [9.17, 15) is 12.8 Å². The third-order valence-electron chi connectivity index (χ3n) is 4.31. The van der Waals surface area contributed by atoms with E-state index < -0.39 is 20.7 Å². The van der Waals surface area contributed by atoms with Crippen LogP contribution in [0.25, 0.3) is 5.57 Å². The largest absolute Gasteiger partial charge is 0.455 e. The SMILES string of the molecule is C=C/C(=C(\C)NC)c1ccccc1Oc1cc(F)c(S(=O)(=O)Nc2nccs2)cc1Cl. The van der Waals surface area contributed by atoms with Gasteiger partial charge in [-0.25, -0.2) is 17.8 Å². The number of hydrogen-bond donors (Lipinski definition) is 2. The molecule has 0 saturated heterocycles. The van der Waals surface area contributed by atoms with Gasteiger partial charge in [-0.15, -0.1) is 11.3 Å². The lowest BCUT2D eigenvalue weighted by Crippen LogP contribution is -2.14. The molecule has 0 fully saturated rings. The molecule has 162 valence electrons. The highest BCUT2D eigenvalue weighted by Gasteiger charge is 2.23. The first-order valence-corrected chi connectivity index (χ1v) is 11.7. The molecule has 0 bridgehead atoms. The number of halogens is 2. The molecule has 0 aliphatic heterocycles. The second-order valence-corrected chi connectivity index (χ2v) is 9.20. The number of anilines is 1. The summed E-state index contributed by atoms with van der Waals surface area (Å²) in [6.45, 7) is 5.72. The molecule has 3 aromatic rings. The van der Waals surface area contributed by atoms with Crippen LogP contribution in [0.1, 0.15) is 12.5 Å². The number of para-hydroxylation sites is 1. The molecule has 0 saturated carbocycles. The third kappa shape index (κ3) is 5.07. The number of ether oxygens (including phenoxy) is 1. The van der Waals surface area contributed by atoms with Crippen LogP contribution in [-0.2, 0) is 10.0 Å². The number of allylic oxidation sites excluding steroid dienone is 3. The maximum Gasteiger partial charge on any atom is 0.266 e. The van der Waals surface area contributed by atoms with Crippen LogP contribution in [0.5, 0.6) is 11.5 Å². The molecule has 0 spiro atoms. The second-order valence-electron chi connectivity index (χ2n) is 6.25. The Labute approximate surface area is 189 Å². The highest BCUT2D eigenvalue weighted by molar-refractivity contribution is 7.93. The van der Waals surface area contributed by atoms with E-state index in [1.165, 1.54) is 6.20 Å². The molecule has 6 nitrogen and oxygen atoms in total. The Kier molecular flexibility index (Phi) is 6.99. The van der Waals surface area contributed by atoms with Gasteiger partial charge in [-0.3, -0.25) is 4.72 Å². The number of aromatic nitrogens is 1. The van der Waals surface area contributed by atoms with E-state index in [2.05, 4.69) is 21.6 Å². The van der Waals surface area contributed by atoms with Gasteiger partial charge in [0.2, 0.25) is 0 Å². The summed E-state index contributed by atoms with van der Waals surface area (Å²) in [5.74, 6) is -0.623. The molecule has 2 aromatic carbocycles. The zero-order chi connectivity index (χ0) is 22.6. The lowest BCUT2D eigenvalue weighted by atomic mass is 10.0. The Morgan fingerprint density at radius 3 is 2.68 bits per heavy atom. The van der Waals surface area contributed by atoms with E-state index in [1.807, 2.05) is 19.1 Å². The van der Waals surface area contributed by atoms with Crippen molar-refractivity contribution >= 4 is 43.7 Å². The number of nitrogens with zero attached hydrogens (tertiary/aromatic N) is 1. The molecule has 2 N–H and O–H groups in total. The maximum absolute atomic E-state index is 14.8. The molecule has 3 rings (SSSR count). The molecule has 0 aliphatic rings. The second kappa shape index (κ2) is 9.51. The van der Waals surface area contributed by atoms with Crippen molar-refractivity contribution in [2.45, 2.75) is 11.8 Å². The topological polar surface area (TPSA) is 80.3 Å². The van der Waals surface area contributed by atoms with E-state index in [-0.39, 0.29) is 15.9 Å². The first-order chi connectivity index (χ1) is 14.8. The highest BCUT2D eigenvalue weighted by atomic mass is 35.5. The molecular formula is C21H19ClFN3O3S2. The predicted octanol–water partition coefficient (Wildman–Crippen LogP) is 5.67. The molecule has 0 radical (unpaired) electrons. The van der Waals surface area contributed by atoms with Crippen LogP contribution in [0.15, 0.2) is 71.2 Å². The van der Waals surface area contributed by atoms with Gasteiger partial charge in [0, 0.05) is 41.5 Å². The van der Waals surface area contributed by atoms with Crippen LogP contribution in [0.3, 0.4) is 0 Å². The minimum absolute atomic E-state index is 0.0228. The summed E-state index contributed by atoms with van der Waals surface area (Å²) in [6.07, 6.45) is 3.11. The number of benzene rings is 2. The van der Waals surface area contributed by atoms with Gasteiger partial charge < -0.3 is 10.1 Å². The Balaban J connectivity index is 1.99. The minimum Gasteiger partial charge on any atom is -0.455 e. The fraction of sp³-hybridized carbons (Fsp3) is 0.0952. The Morgan fingerprint density at radius 2 is 2.03 bits per heavy atom. The number of thiazole rings is 1. The zero-order valence-corrected chi connectivity index (χ0v) is 19.0. The Bertz CT molecular complexity index is 1240. The van der Waals surface area contributed by atoms with Gasteiger partial charge >= 0.3 is 0 Å². The maximum atomic E-state index is 14.8. The fourth-order valence-electron chi connectivity index (χ4n) is 2.73. The van der Waals surface area contributed by atoms with E-state index in [0.717, 1.165) is 34.7 Å². The van der Waals surface area contributed by atoms with Gasteiger partial charge in [-0.2, -0.15) is 0 Å². The van der Waals surface area contributed by atoms with Crippen molar-refractivity contribution in [3.63, 3.8) is 0 Å². The summed E-state index contributed by atoms with van der Waals surface area (Å²) in [6, 6.07) is 9.07. The quantitative estimate of drug-likeness (QED) is 0.407. The summed E-state index contributed by atoms with van der Waals surface area (Å²) in [5.41, 5.74) is 2.36. The van der Waals surface area contributed by atoms with Crippen LogP contribution in [0.2, 0.25) is 5.02 Å². The summed E-state index contributed by atoms with van der Waals surface area (Å²) >= 11 is 7.32. The molecule has 31 heavy (non-hydrogen) atoms. The number of sulfonamides is 1. The van der Waals surface area contributed by atoms with Gasteiger partial charge in [0.15, 0.2) is 5.13 Å². The summed E-state index contributed by atoms with van der Waals surface area (Å²) in [5, 5.41) is 4.71. The van der Waals surface area contributed by atoms with Crippen molar-refractivity contribution in [3.8, 4) is 11.5 Å². The molecule has 1 heterocycles. The molecule has 0 atom stereocenters. The molecule has 10 heteroatoms. The van der Waals surface area contributed by atoms with Crippen molar-refractivity contribution < 1.29 is 17.5 Å². The van der Waals surface area contributed by atoms with Crippen molar-refractivity contribution in [1.82, 2.24) is 10.3 Å². The summed E-state index contributed by atoms with van der Waals surface area (Å²) < 4.78 is 47.9. The summed E-state index contributed by atoms with van der Waals surface area (Å²) in [7, 11) is -2.43. The van der Waals surface area contributed by atoms with E-state index in [0.29, 0.717) is 11.3 Å². The van der Waals surface area contributed by atoms with Gasteiger partial charge in [-0.1, -0.05) is 42.5 Å². The smallest absolute Gasteiger partial charge is 0.266 e. The van der Waals surface area contributed by atoms with Crippen molar-refractivity contribution in [1.29, 1.82) is 0 Å². The highest BCUT2D eigenvalue weighted by Crippen LogP contribution is 2.37. The predicted molar refractivity (Wildman–Crippen MR) is 123 cm³/mol. The molecule has 0 aliphatic carbocycles. The van der Waals surface area contributed by atoms with E-state index in [4.69, 9.17) is 16.3 Å². The lowest BCUT2D eigenvalue weighted by Gasteiger charge is -2.16. The summed E-state index contributed by atoms with van der Waals surface area (Å²) in [4.78, 5) is 3.23. The zero-order valence-electron chi connectivity index (χ0n) is 16.6. The van der Waals surface area contributed by atoms with Gasteiger partial charge in [0.05, 0.1) is 5.02 Å². The minimum atomic E-state index is -4.21. The van der Waals surface area contributed by atoms with Crippen LogP contribution < -0.4 is 14.8 Å². The number of rotatable bonds is 8. The van der Waals surface area contributed by atoms with Crippen molar-refractivity contribution in [3.05, 3.63) is 82.7 Å². The monoisotopic (exact) mass is 479 g/mol. The van der Waals surface area contributed by atoms with Gasteiger partial charge in [-0.05, 0) is 19.1 Å². The van der Waals surface area contributed by atoms with Crippen LogP contribution >= 0.6 is 22.9 Å². The third-order valence-corrected chi connectivity index (χ3v) is 6.78. The first-order valence-electron chi connectivity index (χ1n) is 8.96. The lowest BCUT2D eigenvalue weighted by molar-refractivity contribution is 0.472. The number of hydrogen-bond acceptors (Lipinski definition) is 6. The number of nitrogens with one attached hydrogen (secondary N) is 2. The Morgan fingerprint density at radius 1 is 1.29 bits per heavy atom.